The van der Waals surface area contributed by atoms with Crippen molar-refractivity contribution in [1.82, 2.24) is 0 Å². The van der Waals surface area contributed by atoms with Crippen LogP contribution in [0.5, 0.6) is 0 Å². The molecule has 0 spiro atoms. The van der Waals surface area contributed by atoms with Crippen LogP contribution in [0.2, 0.25) is 0 Å². The topological polar surface area (TPSA) is 24.4 Å². The molecular formula is C13H17BrN2S. The molecule has 1 aromatic rings. The summed E-state index contributed by atoms with van der Waals surface area (Å²) >= 11 is 5.42. The third-order valence-corrected chi connectivity index (χ3v) is 4.87. The second kappa shape index (κ2) is 5.91. The molecule has 0 radical (unpaired) electrons. The lowest BCUT2D eigenvalue weighted by Crippen LogP contribution is -2.19. The Balaban J connectivity index is 2.15. The van der Waals surface area contributed by atoms with Crippen LogP contribution in [0.3, 0.4) is 0 Å². The van der Waals surface area contributed by atoms with Crippen molar-refractivity contribution in [3.8, 4) is 0 Å². The smallest absolute Gasteiger partial charge is 0.161 e. The maximum absolute atomic E-state index is 4.71. The molecule has 1 heterocycles. The van der Waals surface area contributed by atoms with Gasteiger partial charge in [0.05, 0.1) is 11.7 Å². The van der Waals surface area contributed by atoms with Crippen LogP contribution in [0.25, 0.3) is 0 Å². The second-order valence-electron chi connectivity index (χ2n) is 4.19. The van der Waals surface area contributed by atoms with Gasteiger partial charge in [0.25, 0.3) is 0 Å². The summed E-state index contributed by atoms with van der Waals surface area (Å²) in [5.74, 6) is 1.16. The minimum absolute atomic E-state index is 0.488. The first-order valence-corrected chi connectivity index (χ1v) is 7.71. The highest BCUT2D eigenvalue weighted by Crippen LogP contribution is 2.28. The quantitative estimate of drug-likeness (QED) is 0.873. The first kappa shape index (κ1) is 13.0. The van der Waals surface area contributed by atoms with Gasteiger partial charge in [-0.05, 0) is 47.3 Å². The van der Waals surface area contributed by atoms with E-state index in [9.17, 15) is 0 Å². The maximum atomic E-state index is 4.71. The lowest BCUT2D eigenvalue weighted by molar-refractivity contribution is 0.634. The molecule has 1 aliphatic rings. The average Bonchev–Trinajstić information content (AvgIpc) is 2.35. The van der Waals surface area contributed by atoms with Gasteiger partial charge in [0.15, 0.2) is 5.17 Å². The Morgan fingerprint density at radius 2 is 2.35 bits per heavy atom. The summed E-state index contributed by atoms with van der Waals surface area (Å²) in [6.07, 6.45) is 2.32. The molecule has 0 amide bonds. The van der Waals surface area contributed by atoms with Crippen LogP contribution in [-0.4, -0.2) is 17.0 Å². The van der Waals surface area contributed by atoms with E-state index < -0.39 is 0 Å². The number of amidine groups is 1. The summed E-state index contributed by atoms with van der Waals surface area (Å²) < 4.78 is 1.13. The molecular weight excluding hydrogens is 296 g/mol. The standard InChI is InChI=1S/C13H17BrN2S/c1-3-10-7-8-17-13(15-10)16-11-6-4-5-9(2)12(11)14/h4-6,10H,3,7-8H2,1-2H3,(H,15,16). The van der Waals surface area contributed by atoms with Crippen LogP contribution >= 0.6 is 27.7 Å². The minimum atomic E-state index is 0.488. The Morgan fingerprint density at radius 1 is 1.53 bits per heavy atom. The molecule has 2 nitrogen and oxygen atoms in total. The van der Waals surface area contributed by atoms with Gasteiger partial charge in [-0.1, -0.05) is 30.8 Å². The zero-order chi connectivity index (χ0) is 12.3. The Kier molecular flexibility index (Phi) is 4.51. The van der Waals surface area contributed by atoms with Crippen molar-refractivity contribution in [2.75, 3.05) is 11.1 Å². The third-order valence-electron chi connectivity index (χ3n) is 2.89. The largest absolute Gasteiger partial charge is 0.334 e. The number of hydrogen-bond donors (Lipinski definition) is 1. The summed E-state index contributed by atoms with van der Waals surface area (Å²) in [5.41, 5.74) is 2.34. The van der Waals surface area contributed by atoms with Crippen LogP contribution in [0.4, 0.5) is 5.69 Å². The van der Waals surface area contributed by atoms with E-state index >= 15 is 0 Å². The molecule has 0 aliphatic carbocycles. The predicted octanol–water partition coefficient (Wildman–Crippen LogP) is 4.44. The fourth-order valence-corrected chi connectivity index (χ4v) is 3.13. The van der Waals surface area contributed by atoms with E-state index in [2.05, 4.69) is 53.3 Å². The summed E-state index contributed by atoms with van der Waals surface area (Å²) in [4.78, 5) is 4.71. The monoisotopic (exact) mass is 312 g/mol. The van der Waals surface area contributed by atoms with Crippen molar-refractivity contribution in [2.45, 2.75) is 32.7 Å². The van der Waals surface area contributed by atoms with Gasteiger partial charge in [-0.2, -0.15) is 0 Å². The molecule has 0 aromatic heterocycles. The van der Waals surface area contributed by atoms with Crippen LogP contribution in [0.15, 0.2) is 27.7 Å². The van der Waals surface area contributed by atoms with Crippen molar-refractivity contribution in [2.24, 2.45) is 4.99 Å². The fourth-order valence-electron chi connectivity index (χ4n) is 1.78. The van der Waals surface area contributed by atoms with Gasteiger partial charge in [0, 0.05) is 10.2 Å². The third kappa shape index (κ3) is 3.26. The number of halogens is 1. The molecule has 4 heteroatoms. The fraction of sp³-hybridized carbons (Fsp3) is 0.462. The SMILES string of the molecule is CCC1CCSC(Nc2cccc(C)c2Br)=N1. The zero-order valence-corrected chi connectivity index (χ0v) is 12.6. The zero-order valence-electron chi connectivity index (χ0n) is 10.2. The number of nitrogens with zero attached hydrogens (tertiary/aromatic N) is 1. The number of thioether (sulfide) groups is 1. The van der Waals surface area contributed by atoms with Crippen LogP contribution in [0.1, 0.15) is 25.3 Å². The lowest BCUT2D eigenvalue weighted by atomic mass is 10.2. The van der Waals surface area contributed by atoms with Gasteiger partial charge in [0.2, 0.25) is 0 Å². The summed E-state index contributed by atoms with van der Waals surface area (Å²) in [7, 11) is 0. The number of anilines is 1. The highest BCUT2D eigenvalue weighted by atomic mass is 79.9. The molecule has 1 aliphatic heterocycles. The first-order valence-electron chi connectivity index (χ1n) is 5.93. The normalized spacial score (nSPS) is 19.9. The van der Waals surface area contributed by atoms with Crippen molar-refractivity contribution >= 4 is 38.5 Å². The van der Waals surface area contributed by atoms with E-state index in [1.54, 1.807) is 0 Å². The Hall–Kier alpha value is -0.480. The van der Waals surface area contributed by atoms with E-state index in [4.69, 9.17) is 4.99 Å². The number of rotatable bonds is 2. The number of hydrogen-bond acceptors (Lipinski definition) is 3. The van der Waals surface area contributed by atoms with E-state index in [-0.39, 0.29) is 0 Å². The molecule has 92 valence electrons. The molecule has 17 heavy (non-hydrogen) atoms. The molecule has 0 bridgehead atoms. The maximum Gasteiger partial charge on any atom is 0.161 e. The molecule has 0 saturated heterocycles. The van der Waals surface area contributed by atoms with Gasteiger partial charge >= 0.3 is 0 Å². The highest BCUT2D eigenvalue weighted by Gasteiger charge is 2.14. The Bertz CT molecular complexity index is 431. The van der Waals surface area contributed by atoms with E-state index in [0.29, 0.717) is 6.04 Å². The van der Waals surface area contributed by atoms with E-state index in [0.717, 1.165) is 27.5 Å². The Labute approximate surface area is 115 Å². The van der Waals surface area contributed by atoms with E-state index in [1.165, 1.54) is 12.0 Å². The molecule has 1 unspecified atom stereocenters. The summed E-state index contributed by atoms with van der Waals surface area (Å²) in [6.45, 7) is 4.30. The number of aryl methyl sites for hydroxylation is 1. The molecule has 1 aromatic carbocycles. The van der Waals surface area contributed by atoms with Crippen molar-refractivity contribution in [3.05, 3.63) is 28.2 Å². The molecule has 2 rings (SSSR count). The molecule has 1 atom stereocenters. The van der Waals surface area contributed by atoms with Crippen molar-refractivity contribution < 1.29 is 0 Å². The minimum Gasteiger partial charge on any atom is -0.334 e. The first-order chi connectivity index (χ1) is 8.20. The molecule has 0 saturated carbocycles. The highest BCUT2D eigenvalue weighted by molar-refractivity contribution is 9.10. The van der Waals surface area contributed by atoms with Gasteiger partial charge in [-0.15, -0.1) is 0 Å². The van der Waals surface area contributed by atoms with E-state index in [1.807, 2.05) is 11.8 Å². The second-order valence-corrected chi connectivity index (χ2v) is 6.07. The van der Waals surface area contributed by atoms with Gasteiger partial charge in [0.1, 0.15) is 0 Å². The average molecular weight is 313 g/mol. The number of benzene rings is 1. The van der Waals surface area contributed by atoms with Crippen LogP contribution in [-0.2, 0) is 0 Å². The summed E-state index contributed by atoms with van der Waals surface area (Å²) in [6, 6.07) is 6.73. The summed E-state index contributed by atoms with van der Waals surface area (Å²) in [5, 5.41) is 4.47. The van der Waals surface area contributed by atoms with Crippen LogP contribution < -0.4 is 5.32 Å². The molecule has 1 N–H and O–H groups in total. The number of aliphatic imine (C=N–C) groups is 1. The van der Waals surface area contributed by atoms with Crippen molar-refractivity contribution in [3.63, 3.8) is 0 Å². The van der Waals surface area contributed by atoms with Crippen molar-refractivity contribution in [1.29, 1.82) is 0 Å². The Morgan fingerprint density at radius 3 is 3.12 bits per heavy atom. The van der Waals surface area contributed by atoms with Gasteiger partial charge < -0.3 is 5.32 Å². The van der Waals surface area contributed by atoms with Crippen LogP contribution in [0, 0.1) is 6.92 Å². The number of nitrogens with one attached hydrogen (secondary N) is 1. The van der Waals surface area contributed by atoms with Gasteiger partial charge in [-0.3, -0.25) is 4.99 Å². The lowest BCUT2D eigenvalue weighted by Gasteiger charge is -2.20. The van der Waals surface area contributed by atoms with Gasteiger partial charge in [-0.25, -0.2) is 0 Å². The predicted molar refractivity (Wildman–Crippen MR) is 81.1 cm³/mol. The molecule has 0 fully saturated rings.